The number of halogens is 1. The van der Waals surface area contributed by atoms with Crippen molar-refractivity contribution in [2.75, 3.05) is 7.05 Å². The van der Waals surface area contributed by atoms with Crippen LogP contribution in [0.4, 0.5) is 4.39 Å². The largest absolute Gasteiger partial charge is 0.298 e. The number of carbonyl (C=O) groups is 1. The molecule has 1 aromatic carbocycles. The third-order valence-electron chi connectivity index (χ3n) is 3.43. The van der Waals surface area contributed by atoms with E-state index in [1.54, 1.807) is 12.1 Å². The summed E-state index contributed by atoms with van der Waals surface area (Å²) in [5.74, 6) is 0.109. The summed E-state index contributed by atoms with van der Waals surface area (Å²) in [7, 11) is 1.90. The van der Waals surface area contributed by atoms with Gasteiger partial charge in [0.2, 0.25) is 0 Å². The van der Waals surface area contributed by atoms with Gasteiger partial charge in [-0.05, 0) is 26.0 Å². The molecule has 0 aliphatic heterocycles. The van der Waals surface area contributed by atoms with Crippen LogP contribution in [0.25, 0.3) is 0 Å². The van der Waals surface area contributed by atoms with Crippen molar-refractivity contribution in [3.63, 3.8) is 0 Å². The van der Waals surface area contributed by atoms with Gasteiger partial charge in [-0.25, -0.2) is 4.39 Å². The Balaban J connectivity index is 2.03. The van der Waals surface area contributed by atoms with Crippen LogP contribution in [0, 0.1) is 5.82 Å². The van der Waals surface area contributed by atoms with Gasteiger partial charge in [0.15, 0.2) is 0 Å². The van der Waals surface area contributed by atoms with Gasteiger partial charge in [0.1, 0.15) is 11.6 Å². The van der Waals surface area contributed by atoms with Gasteiger partial charge in [-0.3, -0.25) is 9.69 Å². The van der Waals surface area contributed by atoms with Gasteiger partial charge in [0.25, 0.3) is 0 Å². The fourth-order valence-corrected chi connectivity index (χ4v) is 2.44. The molecule has 1 saturated carbocycles. The minimum atomic E-state index is -0.192. The van der Waals surface area contributed by atoms with Crippen LogP contribution in [0.2, 0.25) is 0 Å². The summed E-state index contributed by atoms with van der Waals surface area (Å²) in [6.07, 6.45) is 3.68. The molecule has 0 saturated heterocycles. The highest BCUT2D eigenvalue weighted by atomic mass is 19.1. The van der Waals surface area contributed by atoms with Crippen LogP contribution in [0.5, 0.6) is 0 Å². The third-order valence-corrected chi connectivity index (χ3v) is 3.43. The molecule has 0 spiro atoms. The molecule has 1 fully saturated rings. The molecular formula is C14H18FNO. The summed E-state index contributed by atoms with van der Waals surface area (Å²) >= 11 is 0. The first kappa shape index (κ1) is 12.2. The second-order valence-corrected chi connectivity index (χ2v) is 4.73. The summed E-state index contributed by atoms with van der Waals surface area (Å²) in [6.45, 7) is 0.503. The molecule has 2 rings (SSSR count). The lowest BCUT2D eigenvalue weighted by molar-refractivity contribution is -0.125. The topological polar surface area (TPSA) is 20.3 Å². The molecular weight excluding hydrogens is 217 g/mol. The summed E-state index contributed by atoms with van der Waals surface area (Å²) in [5.41, 5.74) is 0.661. The normalized spacial score (nSPS) is 20.9. The van der Waals surface area contributed by atoms with Crippen molar-refractivity contribution in [3.8, 4) is 0 Å². The molecule has 0 aromatic heterocycles. The molecule has 2 nitrogen and oxygen atoms in total. The van der Waals surface area contributed by atoms with Gasteiger partial charge >= 0.3 is 0 Å². The van der Waals surface area contributed by atoms with Crippen LogP contribution in [0.3, 0.4) is 0 Å². The maximum atomic E-state index is 13.5. The number of likely N-dealkylation sites (N-methyl/N-ethyl adjacent to an activating group) is 1. The van der Waals surface area contributed by atoms with Crippen LogP contribution in [-0.4, -0.2) is 23.8 Å². The highest BCUT2D eigenvalue weighted by Crippen LogP contribution is 2.20. The zero-order valence-corrected chi connectivity index (χ0v) is 10.2. The molecule has 0 N–H and O–H groups in total. The van der Waals surface area contributed by atoms with E-state index in [-0.39, 0.29) is 11.9 Å². The number of nitrogens with zero attached hydrogens (tertiary/aromatic N) is 1. The lowest BCUT2D eigenvalue weighted by atomic mass is 9.93. The molecule has 3 heteroatoms. The number of carbonyl (C=O) groups excluding carboxylic acids is 1. The molecule has 1 unspecified atom stereocenters. The first-order chi connectivity index (χ1) is 8.18. The van der Waals surface area contributed by atoms with E-state index in [4.69, 9.17) is 0 Å². The molecule has 0 bridgehead atoms. The molecule has 1 aliphatic rings. The van der Waals surface area contributed by atoms with Crippen molar-refractivity contribution in [3.05, 3.63) is 35.6 Å². The molecule has 0 heterocycles. The van der Waals surface area contributed by atoms with E-state index < -0.39 is 0 Å². The Morgan fingerprint density at radius 1 is 1.35 bits per heavy atom. The Morgan fingerprint density at radius 2 is 2.12 bits per heavy atom. The number of Topliss-reactive ketones (excluding diaryl/α,β-unsaturated/α-hetero) is 1. The minimum absolute atomic E-state index is 0.0247. The molecule has 17 heavy (non-hydrogen) atoms. The molecule has 1 aliphatic carbocycles. The molecule has 1 atom stereocenters. The van der Waals surface area contributed by atoms with Crippen LogP contribution >= 0.6 is 0 Å². The van der Waals surface area contributed by atoms with E-state index in [2.05, 4.69) is 0 Å². The highest BCUT2D eigenvalue weighted by Gasteiger charge is 2.26. The monoisotopic (exact) mass is 235 g/mol. The number of benzene rings is 1. The van der Waals surface area contributed by atoms with Crippen LogP contribution < -0.4 is 0 Å². The predicted octanol–water partition coefficient (Wildman–Crippen LogP) is 2.77. The SMILES string of the molecule is CN(Cc1ccccc1F)C1CCCCC1=O. The second kappa shape index (κ2) is 5.41. The van der Waals surface area contributed by atoms with Gasteiger partial charge in [-0.2, -0.15) is 0 Å². The molecule has 1 aromatic rings. The zero-order valence-electron chi connectivity index (χ0n) is 10.2. The third kappa shape index (κ3) is 2.91. The Hall–Kier alpha value is -1.22. The lowest BCUT2D eigenvalue weighted by Gasteiger charge is -2.29. The van der Waals surface area contributed by atoms with E-state index in [1.807, 2.05) is 18.0 Å². The van der Waals surface area contributed by atoms with E-state index in [9.17, 15) is 9.18 Å². The predicted molar refractivity (Wildman–Crippen MR) is 65.1 cm³/mol. The van der Waals surface area contributed by atoms with Gasteiger partial charge in [-0.1, -0.05) is 24.6 Å². The maximum absolute atomic E-state index is 13.5. The quantitative estimate of drug-likeness (QED) is 0.803. The summed E-state index contributed by atoms with van der Waals surface area (Å²) in [4.78, 5) is 13.7. The molecule has 92 valence electrons. The van der Waals surface area contributed by atoms with Gasteiger partial charge in [0, 0.05) is 18.5 Å². The highest BCUT2D eigenvalue weighted by molar-refractivity contribution is 5.84. The first-order valence-electron chi connectivity index (χ1n) is 6.15. The number of ketones is 1. The average Bonchev–Trinajstić information content (AvgIpc) is 2.32. The second-order valence-electron chi connectivity index (χ2n) is 4.73. The Morgan fingerprint density at radius 3 is 2.82 bits per heavy atom. The fraction of sp³-hybridized carbons (Fsp3) is 0.500. The van der Waals surface area contributed by atoms with Crippen molar-refractivity contribution in [1.82, 2.24) is 4.90 Å². The lowest BCUT2D eigenvalue weighted by Crippen LogP contribution is -2.40. The molecule has 0 radical (unpaired) electrons. The van der Waals surface area contributed by atoms with Crippen molar-refractivity contribution < 1.29 is 9.18 Å². The van der Waals surface area contributed by atoms with Gasteiger partial charge < -0.3 is 0 Å². The van der Waals surface area contributed by atoms with Crippen LogP contribution in [0.1, 0.15) is 31.2 Å². The zero-order chi connectivity index (χ0) is 12.3. The van der Waals surface area contributed by atoms with Crippen molar-refractivity contribution >= 4 is 5.78 Å². The van der Waals surface area contributed by atoms with Gasteiger partial charge in [0.05, 0.1) is 6.04 Å². The van der Waals surface area contributed by atoms with Crippen molar-refractivity contribution in [2.45, 2.75) is 38.3 Å². The van der Waals surface area contributed by atoms with Crippen molar-refractivity contribution in [2.24, 2.45) is 0 Å². The maximum Gasteiger partial charge on any atom is 0.149 e. The Kier molecular flexibility index (Phi) is 3.89. The number of rotatable bonds is 3. The van der Waals surface area contributed by atoms with E-state index in [0.29, 0.717) is 24.3 Å². The molecule has 0 amide bonds. The van der Waals surface area contributed by atoms with E-state index in [0.717, 1.165) is 19.3 Å². The smallest absolute Gasteiger partial charge is 0.149 e. The van der Waals surface area contributed by atoms with Crippen LogP contribution in [-0.2, 0) is 11.3 Å². The van der Waals surface area contributed by atoms with Gasteiger partial charge in [-0.15, -0.1) is 0 Å². The Labute approximate surface area is 101 Å². The minimum Gasteiger partial charge on any atom is -0.298 e. The van der Waals surface area contributed by atoms with Crippen molar-refractivity contribution in [1.29, 1.82) is 0 Å². The fourth-order valence-electron chi connectivity index (χ4n) is 2.44. The first-order valence-corrected chi connectivity index (χ1v) is 6.15. The average molecular weight is 235 g/mol. The van der Waals surface area contributed by atoms with Crippen LogP contribution in [0.15, 0.2) is 24.3 Å². The number of hydrogen-bond donors (Lipinski definition) is 0. The summed E-state index contributed by atoms with van der Waals surface area (Å²) < 4.78 is 13.5. The summed E-state index contributed by atoms with van der Waals surface area (Å²) in [6, 6.07) is 6.73. The number of hydrogen-bond acceptors (Lipinski definition) is 2. The summed E-state index contributed by atoms with van der Waals surface area (Å²) in [5, 5.41) is 0. The Bertz CT molecular complexity index is 405. The van der Waals surface area contributed by atoms with E-state index >= 15 is 0 Å². The van der Waals surface area contributed by atoms with E-state index in [1.165, 1.54) is 6.07 Å². The standard InChI is InChI=1S/C14H18FNO/c1-16(13-8-4-5-9-14(13)17)10-11-6-2-3-7-12(11)15/h2-3,6-7,13H,4-5,8-10H2,1H3.